The topological polar surface area (TPSA) is 107 Å². The third-order valence-corrected chi connectivity index (χ3v) is 6.00. The highest BCUT2D eigenvalue weighted by molar-refractivity contribution is 7.91. The second-order valence-electron chi connectivity index (χ2n) is 6.20. The highest BCUT2D eigenvalue weighted by Crippen LogP contribution is 2.34. The predicted molar refractivity (Wildman–Crippen MR) is 94.6 cm³/mol. The van der Waals surface area contributed by atoms with E-state index < -0.39 is 9.84 Å². The fraction of sp³-hybridized carbons (Fsp3) is 0.294. The van der Waals surface area contributed by atoms with E-state index in [1.54, 1.807) is 24.3 Å². The van der Waals surface area contributed by atoms with Gasteiger partial charge < -0.3 is 20.1 Å². The number of pyridine rings is 1. The van der Waals surface area contributed by atoms with Gasteiger partial charge in [-0.15, -0.1) is 0 Å². The average molecular weight is 375 g/mol. The lowest BCUT2D eigenvalue weighted by Crippen LogP contribution is -2.35. The van der Waals surface area contributed by atoms with E-state index in [1.807, 2.05) is 6.07 Å². The molecule has 3 heterocycles. The number of nitrogens with one attached hydrogen (secondary N) is 2. The molecule has 9 heteroatoms. The van der Waals surface area contributed by atoms with Gasteiger partial charge in [0.25, 0.3) is 5.91 Å². The van der Waals surface area contributed by atoms with Crippen molar-refractivity contribution in [2.24, 2.45) is 0 Å². The molecule has 4 rings (SSSR count). The zero-order valence-electron chi connectivity index (χ0n) is 13.8. The summed E-state index contributed by atoms with van der Waals surface area (Å²) in [7, 11) is -3.04. The summed E-state index contributed by atoms with van der Waals surface area (Å²) < 4.78 is 33.6. The number of ether oxygens (including phenoxy) is 2. The van der Waals surface area contributed by atoms with Gasteiger partial charge in [-0.25, -0.2) is 13.4 Å². The Morgan fingerprint density at radius 3 is 2.81 bits per heavy atom. The van der Waals surface area contributed by atoms with Crippen LogP contribution in [-0.4, -0.2) is 43.6 Å². The number of fused-ring (bicyclic) bond motifs is 1. The number of amides is 1. The summed E-state index contributed by atoms with van der Waals surface area (Å²) in [5.41, 5.74) is 1.16. The van der Waals surface area contributed by atoms with Crippen molar-refractivity contribution in [3.05, 3.63) is 42.1 Å². The Bertz CT molecular complexity index is 961. The van der Waals surface area contributed by atoms with Crippen molar-refractivity contribution in [1.29, 1.82) is 0 Å². The summed E-state index contributed by atoms with van der Waals surface area (Å²) in [6.45, 7) is 0.198. The molecule has 1 fully saturated rings. The van der Waals surface area contributed by atoms with Gasteiger partial charge in [-0.2, -0.15) is 0 Å². The second kappa shape index (κ2) is 6.49. The number of hydrogen-bond acceptors (Lipinski definition) is 7. The van der Waals surface area contributed by atoms with Gasteiger partial charge in [-0.3, -0.25) is 4.79 Å². The first-order valence-corrected chi connectivity index (χ1v) is 9.95. The lowest BCUT2D eigenvalue weighted by molar-refractivity contribution is 0.0941. The molecular formula is C17H17N3O5S. The highest BCUT2D eigenvalue weighted by Gasteiger charge is 2.29. The molecule has 0 bridgehead atoms. The summed E-state index contributed by atoms with van der Waals surface area (Å²) in [5.74, 6) is 1.62. The van der Waals surface area contributed by atoms with Crippen LogP contribution < -0.4 is 20.1 Å². The third kappa shape index (κ3) is 3.57. The number of aromatic nitrogens is 1. The van der Waals surface area contributed by atoms with Gasteiger partial charge in [0.15, 0.2) is 21.3 Å². The largest absolute Gasteiger partial charge is 0.454 e. The smallest absolute Gasteiger partial charge is 0.251 e. The maximum Gasteiger partial charge on any atom is 0.251 e. The fourth-order valence-electron chi connectivity index (χ4n) is 2.94. The average Bonchev–Trinajstić information content (AvgIpc) is 3.20. The van der Waals surface area contributed by atoms with Crippen LogP contribution in [0.2, 0.25) is 0 Å². The number of rotatable bonds is 4. The molecule has 1 atom stereocenters. The number of carbonyl (C=O) groups excluding carboxylic acids is 1. The van der Waals surface area contributed by atoms with Crippen molar-refractivity contribution in [1.82, 2.24) is 10.3 Å². The Morgan fingerprint density at radius 1 is 1.15 bits per heavy atom. The molecule has 1 unspecified atom stereocenters. The maximum absolute atomic E-state index is 12.4. The van der Waals surface area contributed by atoms with E-state index in [-0.39, 0.29) is 30.2 Å². The van der Waals surface area contributed by atoms with E-state index in [0.717, 1.165) is 5.69 Å². The van der Waals surface area contributed by atoms with Crippen molar-refractivity contribution in [3.63, 3.8) is 0 Å². The van der Waals surface area contributed by atoms with E-state index in [1.165, 1.54) is 6.20 Å². The highest BCUT2D eigenvalue weighted by atomic mass is 32.2. The van der Waals surface area contributed by atoms with Crippen molar-refractivity contribution in [3.8, 4) is 11.5 Å². The predicted octanol–water partition coefficient (Wildman–Crippen LogP) is 1.47. The van der Waals surface area contributed by atoms with Crippen LogP contribution in [0.5, 0.6) is 11.5 Å². The van der Waals surface area contributed by atoms with Crippen molar-refractivity contribution < 1.29 is 22.7 Å². The summed E-state index contributed by atoms with van der Waals surface area (Å²) in [6.07, 6.45) is 1.97. The van der Waals surface area contributed by atoms with Crippen LogP contribution in [0.4, 0.5) is 11.5 Å². The van der Waals surface area contributed by atoms with Crippen LogP contribution in [0, 0.1) is 0 Å². The molecular weight excluding hydrogens is 358 g/mol. The van der Waals surface area contributed by atoms with E-state index in [2.05, 4.69) is 15.6 Å². The van der Waals surface area contributed by atoms with Crippen LogP contribution in [0.1, 0.15) is 16.8 Å². The Kier molecular flexibility index (Phi) is 4.15. The van der Waals surface area contributed by atoms with E-state index in [0.29, 0.717) is 29.3 Å². The molecule has 1 amide bonds. The zero-order chi connectivity index (χ0) is 18.1. The first-order chi connectivity index (χ1) is 12.5. The van der Waals surface area contributed by atoms with Crippen LogP contribution in [0.15, 0.2) is 36.5 Å². The van der Waals surface area contributed by atoms with Gasteiger partial charge in [0.1, 0.15) is 5.82 Å². The summed E-state index contributed by atoms with van der Waals surface area (Å²) in [6, 6.07) is 8.27. The van der Waals surface area contributed by atoms with Crippen molar-refractivity contribution >= 4 is 27.2 Å². The number of sulfone groups is 1. The van der Waals surface area contributed by atoms with E-state index >= 15 is 0 Å². The molecule has 1 saturated heterocycles. The van der Waals surface area contributed by atoms with E-state index in [9.17, 15) is 13.2 Å². The molecule has 8 nitrogen and oxygen atoms in total. The molecule has 2 aromatic rings. The Balaban J connectivity index is 1.45. The molecule has 26 heavy (non-hydrogen) atoms. The lowest BCUT2D eigenvalue weighted by atomic mass is 10.2. The molecule has 0 saturated carbocycles. The number of anilines is 2. The molecule has 136 valence electrons. The van der Waals surface area contributed by atoms with Gasteiger partial charge in [-0.1, -0.05) is 0 Å². The third-order valence-electron chi connectivity index (χ3n) is 4.23. The molecule has 0 radical (unpaired) electrons. The molecule has 1 aromatic carbocycles. The fourth-order valence-corrected chi connectivity index (χ4v) is 4.61. The molecule has 1 aromatic heterocycles. The quantitative estimate of drug-likeness (QED) is 0.833. The van der Waals surface area contributed by atoms with Crippen LogP contribution in [0.25, 0.3) is 0 Å². The van der Waals surface area contributed by atoms with Gasteiger partial charge in [0, 0.05) is 29.6 Å². The molecule has 2 aliphatic rings. The minimum Gasteiger partial charge on any atom is -0.454 e. The van der Waals surface area contributed by atoms with Crippen LogP contribution in [0.3, 0.4) is 0 Å². The minimum absolute atomic E-state index is 0.00781. The maximum atomic E-state index is 12.4. The monoisotopic (exact) mass is 375 g/mol. The molecule has 2 aliphatic heterocycles. The minimum atomic E-state index is -3.04. The molecule has 2 N–H and O–H groups in total. The van der Waals surface area contributed by atoms with Gasteiger partial charge in [0.05, 0.1) is 11.5 Å². The van der Waals surface area contributed by atoms with E-state index in [4.69, 9.17) is 9.47 Å². The normalized spacial score (nSPS) is 19.9. The number of carbonyl (C=O) groups is 1. The Morgan fingerprint density at radius 2 is 2.00 bits per heavy atom. The number of benzene rings is 1. The van der Waals surface area contributed by atoms with Gasteiger partial charge >= 0.3 is 0 Å². The van der Waals surface area contributed by atoms with Crippen LogP contribution >= 0.6 is 0 Å². The molecule has 0 aliphatic carbocycles. The van der Waals surface area contributed by atoms with Gasteiger partial charge in [-0.05, 0) is 30.7 Å². The van der Waals surface area contributed by atoms with Crippen LogP contribution in [-0.2, 0) is 9.84 Å². The first kappa shape index (κ1) is 16.6. The summed E-state index contributed by atoms with van der Waals surface area (Å²) in [5, 5.41) is 5.88. The number of hydrogen-bond donors (Lipinski definition) is 2. The molecule has 0 spiro atoms. The SMILES string of the molecule is O=C(NC1CCS(=O)(=O)C1)c1ccnc(Nc2ccc3c(c2)OCO3)c1. The van der Waals surface area contributed by atoms with Gasteiger partial charge in [0.2, 0.25) is 6.79 Å². The standard InChI is InChI=1S/C17H17N3O5S/c21-17(20-13-4-6-26(22,23)9-13)11-3-5-18-16(7-11)19-12-1-2-14-15(8-12)25-10-24-14/h1-3,5,7-8,13H,4,6,9-10H2,(H,18,19)(H,20,21). The lowest BCUT2D eigenvalue weighted by Gasteiger charge is -2.12. The summed E-state index contributed by atoms with van der Waals surface area (Å²) in [4.78, 5) is 16.6. The second-order valence-corrected chi connectivity index (χ2v) is 8.42. The van der Waals surface area contributed by atoms with Crippen molar-refractivity contribution in [2.45, 2.75) is 12.5 Å². The first-order valence-electron chi connectivity index (χ1n) is 8.12. The Hall–Kier alpha value is -2.81. The Labute approximate surface area is 150 Å². The summed E-state index contributed by atoms with van der Waals surface area (Å²) >= 11 is 0. The number of nitrogens with zero attached hydrogens (tertiary/aromatic N) is 1. The van der Waals surface area contributed by atoms with Crippen molar-refractivity contribution in [2.75, 3.05) is 23.6 Å². The zero-order valence-corrected chi connectivity index (χ0v) is 14.6.